The molecule has 1 saturated carbocycles. The third kappa shape index (κ3) is 5.37. The maximum absolute atomic E-state index is 12.6. The topological polar surface area (TPSA) is 87.3 Å². The van der Waals surface area contributed by atoms with Gasteiger partial charge in [-0.3, -0.25) is 14.4 Å². The van der Waals surface area contributed by atoms with E-state index >= 15 is 0 Å². The summed E-state index contributed by atoms with van der Waals surface area (Å²) in [6, 6.07) is 5.04. The number of hydrogen-bond donors (Lipinski definition) is 3. The Morgan fingerprint density at radius 2 is 1.54 bits per heavy atom. The van der Waals surface area contributed by atoms with Crippen molar-refractivity contribution in [1.82, 2.24) is 5.32 Å². The van der Waals surface area contributed by atoms with E-state index in [1.54, 1.807) is 18.2 Å². The molecule has 1 fully saturated rings. The van der Waals surface area contributed by atoms with E-state index in [0.717, 1.165) is 19.3 Å². The smallest absolute Gasteiger partial charge is 0.251 e. The molecule has 3 N–H and O–H groups in total. The van der Waals surface area contributed by atoms with Gasteiger partial charge in [-0.15, -0.1) is 0 Å². The highest BCUT2D eigenvalue weighted by molar-refractivity contribution is 6.00. The lowest BCUT2D eigenvalue weighted by Crippen LogP contribution is -2.38. The van der Waals surface area contributed by atoms with Gasteiger partial charge in [0.05, 0.1) is 0 Å². The second-order valence-corrected chi connectivity index (χ2v) is 6.60. The van der Waals surface area contributed by atoms with Crippen LogP contribution < -0.4 is 16.0 Å². The molecule has 6 heteroatoms. The number of amides is 3. The molecular formula is C18H25N3O3. The minimum atomic E-state index is -0.234. The molecular weight excluding hydrogens is 306 g/mol. The van der Waals surface area contributed by atoms with Gasteiger partial charge < -0.3 is 16.0 Å². The van der Waals surface area contributed by atoms with Crippen molar-refractivity contribution in [2.75, 3.05) is 10.6 Å². The summed E-state index contributed by atoms with van der Waals surface area (Å²) in [5.74, 6) is -0.0394. The Morgan fingerprint density at radius 3 is 2.04 bits per heavy atom. The van der Waals surface area contributed by atoms with Crippen LogP contribution in [0, 0.1) is 5.92 Å². The summed E-state index contributed by atoms with van der Waals surface area (Å²) in [5, 5.41) is 8.37. The van der Waals surface area contributed by atoms with Crippen molar-refractivity contribution in [2.24, 2.45) is 5.92 Å². The normalized spacial score (nSPS) is 20.1. The third-order valence-corrected chi connectivity index (χ3v) is 4.11. The summed E-state index contributed by atoms with van der Waals surface area (Å²) in [7, 11) is 0. The van der Waals surface area contributed by atoms with Gasteiger partial charge in [-0.2, -0.15) is 0 Å². The number of carbonyl (C=O) groups is 3. The summed E-state index contributed by atoms with van der Waals surface area (Å²) in [4.78, 5) is 35.1. The molecule has 6 nitrogen and oxygen atoms in total. The molecule has 0 bridgehead atoms. The van der Waals surface area contributed by atoms with E-state index in [1.807, 2.05) is 0 Å². The van der Waals surface area contributed by atoms with Crippen LogP contribution in [0.3, 0.4) is 0 Å². The Labute approximate surface area is 142 Å². The van der Waals surface area contributed by atoms with Gasteiger partial charge in [-0.25, -0.2) is 0 Å². The predicted molar refractivity (Wildman–Crippen MR) is 93.9 cm³/mol. The van der Waals surface area contributed by atoms with E-state index in [4.69, 9.17) is 0 Å². The molecule has 0 aliphatic heterocycles. The van der Waals surface area contributed by atoms with Crippen molar-refractivity contribution >= 4 is 29.1 Å². The van der Waals surface area contributed by atoms with Crippen molar-refractivity contribution in [3.63, 3.8) is 0 Å². The highest BCUT2D eigenvalue weighted by Crippen LogP contribution is 2.24. The van der Waals surface area contributed by atoms with Gasteiger partial charge >= 0.3 is 0 Å². The van der Waals surface area contributed by atoms with Gasteiger partial charge in [-0.1, -0.05) is 19.8 Å². The second-order valence-electron chi connectivity index (χ2n) is 6.60. The molecule has 0 spiro atoms. The monoisotopic (exact) mass is 331 g/mol. The first-order valence-electron chi connectivity index (χ1n) is 8.34. The molecule has 2 rings (SSSR count). The maximum atomic E-state index is 12.6. The molecule has 2 atom stereocenters. The van der Waals surface area contributed by atoms with Gasteiger partial charge in [0.25, 0.3) is 5.91 Å². The Balaban J connectivity index is 2.18. The van der Waals surface area contributed by atoms with Crippen LogP contribution in [0.15, 0.2) is 18.2 Å². The Bertz CT molecular complexity index is 608. The van der Waals surface area contributed by atoms with Gasteiger partial charge in [-0.05, 0) is 37.0 Å². The van der Waals surface area contributed by atoms with Crippen molar-refractivity contribution in [3.05, 3.63) is 23.8 Å². The van der Waals surface area contributed by atoms with Crippen LogP contribution >= 0.6 is 0 Å². The molecule has 130 valence electrons. The van der Waals surface area contributed by atoms with E-state index in [9.17, 15) is 14.4 Å². The second kappa shape index (κ2) is 7.95. The summed E-state index contributed by atoms with van der Waals surface area (Å²) in [5.41, 5.74) is 1.38. The van der Waals surface area contributed by atoms with Crippen LogP contribution in [0.25, 0.3) is 0 Å². The van der Waals surface area contributed by atoms with E-state index < -0.39 is 0 Å². The fourth-order valence-electron chi connectivity index (χ4n) is 3.14. The standard InChI is InChI=1S/C18H25N3O3/c1-11-5-4-6-15(7-11)21-18(24)14-8-16(19-12(2)22)10-17(9-14)20-13(3)23/h8-11,15H,4-7H2,1-3H3,(H,19,22)(H,20,23)(H,21,24). The Hall–Kier alpha value is -2.37. The fourth-order valence-corrected chi connectivity index (χ4v) is 3.14. The molecule has 0 radical (unpaired) electrons. The average Bonchev–Trinajstić information content (AvgIpc) is 2.45. The van der Waals surface area contributed by atoms with Crippen molar-refractivity contribution in [3.8, 4) is 0 Å². The first-order valence-corrected chi connectivity index (χ1v) is 8.34. The zero-order valence-corrected chi connectivity index (χ0v) is 14.4. The number of nitrogens with one attached hydrogen (secondary N) is 3. The number of carbonyl (C=O) groups excluding carboxylic acids is 3. The van der Waals surface area contributed by atoms with E-state index in [1.165, 1.54) is 20.3 Å². The van der Waals surface area contributed by atoms with Crippen molar-refractivity contribution in [2.45, 2.75) is 52.5 Å². The molecule has 24 heavy (non-hydrogen) atoms. The van der Waals surface area contributed by atoms with Crippen LogP contribution in [0.5, 0.6) is 0 Å². The number of anilines is 2. The minimum absolute atomic E-state index is 0.176. The quantitative estimate of drug-likeness (QED) is 0.793. The minimum Gasteiger partial charge on any atom is -0.349 e. The van der Waals surface area contributed by atoms with Gasteiger partial charge in [0.1, 0.15) is 0 Å². The summed E-state index contributed by atoms with van der Waals surface area (Å²) >= 11 is 0. The van der Waals surface area contributed by atoms with Crippen molar-refractivity contribution in [1.29, 1.82) is 0 Å². The molecule has 1 aliphatic carbocycles. The number of rotatable bonds is 4. The summed E-state index contributed by atoms with van der Waals surface area (Å²) in [6.07, 6.45) is 4.29. The first-order chi connectivity index (χ1) is 11.3. The lowest BCUT2D eigenvalue weighted by atomic mass is 9.87. The first kappa shape index (κ1) is 18.0. The van der Waals surface area contributed by atoms with Gasteiger partial charge in [0.15, 0.2) is 0 Å². The van der Waals surface area contributed by atoms with E-state index in [2.05, 4.69) is 22.9 Å². The molecule has 0 saturated heterocycles. The molecule has 3 amide bonds. The SMILES string of the molecule is CC(=O)Nc1cc(NC(C)=O)cc(C(=O)NC2CCCC(C)C2)c1. The van der Waals surface area contributed by atoms with E-state index in [-0.39, 0.29) is 23.8 Å². The van der Waals surface area contributed by atoms with Crippen molar-refractivity contribution < 1.29 is 14.4 Å². The summed E-state index contributed by atoms with van der Waals surface area (Å²) in [6.45, 7) is 4.99. The van der Waals surface area contributed by atoms with Crippen LogP contribution in [0.1, 0.15) is 56.8 Å². The van der Waals surface area contributed by atoms with Gasteiger partial charge in [0, 0.05) is 36.8 Å². The zero-order chi connectivity index (χ0) is 17.7. The molecule has 0 aromatic heterocycles. The Kier molecular flexibility index (Phi) is 5.95. The molecule has 1 aliphatic rings. The lowest BCUT2D eigenvalue weighted by molar-refractivity contribution is -0.115. The fraction of sp³-hybridized carbons (Fsp3) is 0.500. The highest BCUT2D eigenvalue weighted by Gasteiger charge is 2.21. The molecule has 1 aromatic rings. The van der Waals surface area contributed by atoms with Gasteiger partial charge in [0.2, 0.25) is 11.8 Å². The Morgan fingerprint density at radius 1 is 0.958 bits per heavy atom. The largest absolute Gasteiger partial charge is 0.349 e. The number of benzene rings is 1. The molecule has 0 heterocycles. The molecule has 1 aromatic carbocycles. The van der Waals surface area contributed by atoms with Crippen LogP contribution in [-0.4, -0.2) is 23.8 Å². The maximum Gasteiger partial charge on any atom is 0.251 e. The summed E-state index contributed by atoms with van der Waals surface area (Å²) < 4.78 is 0. The van der Waals surface area contributed by atoms with Crippen LogP contribution in [0.4, 0.5) is 11.4 Å². The lowest BCUT2D eigenvalue weighted by Gasteiger charge is -2.27. The van der Waals surface area contributed by atoms with Crippen LogP contribution in [-0.2, 0) is 9.59 Å². The molecule has 2 unspecified atom stereocenters. The van der Waals surface area contributed by atoms with E-state index in [0.29, 0.717) is 22.9 Å². The zero-order valence-electron chi connectivity index (χ0n) is 14.4. The third-order valence-electron chi connectivity index (χ3n) is 4.11. The van der Waals surface area contributed by atoms with Crippen LogP contribution in [0.2, 0.25) is 0 Å². The highest BCUT2D eigenvalue weighted by atomic mass is 16.2. The number of hydrogen-bond acceptors (Lipinski definition) is 3. The predicted octanol–water partition coefficient (Wildman–Crippen LogP) is 2.91. The average molecular weight is 331 g/mol.